The van der Waals surface area contributed by atoms with E-state index in [1.54, 1.807) is 4.68 Å². The molecule has 2 aromatic rings. The molecular formula is C10H16N6. The predicted octanol–water partition coefficient (Wildman–Crippen LogP) is 0.189. The SMILES string of the molecule is CCn1cc(C(NN)c2ccn(C)n2)cn1. The lowest BCUT2D eigenvalue weighted by Crippen LogP contribution is -2.29. The van der Waals surface area contributed by atoms with Gasteiger partial charge in [-0.3, -0.25) is 15.2 Å². The molecule has 0 saturated heterocycles. The summed E-state index contributed by atoms with van der Waals surface area (Å²) in [5.41, 5.74) is 4.66. The fourth-order valence-corrected chi connectivity index (χ4v) is 1.64. The van der Waals surface area contributed by atoms with Crippen molar-refractivity contribution in [1.82, 2.24) is 25.0 Å². The zero-order valence-corrected chi connectivity index (χ0v) is 9.46. The summed E-state index contributed by atoms with van der Waals surface area (Å²) >= 11 is 0. The molecule has 0 spiro atoms. The van der Waals surface area contributed by atoms with Crippen LogP contribution < -0.4 is 11.3 Å². The minimum Gasteiger partial charge on any atom is -0.275 e. The Morgan fingerprint density at radius 3 is 2.88 bits per heavy atom. The Morgan fingerprint density at radius 2 is 2.38 bits per heavy atom. The molecule has 0 aliphatic heterocycles. The number of rotatable bonds is 4. The lowest BCUT2D eigenvalue weighted by atomic mass is 10.1. The van der Waals surface area contributed by atoms with E-state index in [-0.39, 0.29) is 6.04 Å². The predicted molar refractivity (Wildman–Crippen MR) is 60.3 cm³/mol. The molecule has 0 aliphatic rings. The van der Waals surface area contributed by atoms with E-state index in [0.29, 0.717) is 0 Å². The van der Waals surface area contributed by atoms with Crippen LogP contribution in [0.4, 0.5) is 0 Å². The van der Waals surface area contributed by atoms with Crippen molar-refractivity contribution in [3.8, 4) is 0 Å². The van der Waals surface area contributed by atoms with Gasteiger partial charge in [-0.2, -0.15) is 10.2 Å². The lowest BCUT2D eigenvalue weighted by molar-refractivity contribution is 0.601. The maximum Gasteiger partial charge on any atom is 0.0930 e. The first-order chi connectivity index (χ1) is 7.74. The van der Waals surface area contributed by atoms with Gasteiger partial charge in [0.25, 0.3) is 0 Å². The molecule has 6 heteroatoms. The van der Waals surface area contributed by atoms with Crippen molar-refractivity contribution >= 4 is 0 Å². The third-order valence-corrected chi connectivity index (χ3v) is 2.51. The van der Waals surface area contributed by atoms with E-state index in [9.17, 15) is 0 Å². The first-order valence-electron chi connectivity index (χ1n) is 5.22. The molecule has 86 valence electrons. The molecule has 0 saturated carbocycles. The van der Waals surface area contributed by atoms with Crippen LogP contribution in [0.5, 0.6) is 0 Å². The Morgan fingerprint density at radius 1 is 1.56 bits per heavy atom. The summed E-state index contributed by atoms with van der Waals surface area (Å²) < 4.78 is 3.62. The second-order valence-corrected chi connectivity index (χ2v) is 3.64. The second-order valence-electron chi connectivity index (χ2n) is 3.64. The zero-order chi connectivity index (χ0) is 11.5. The number of aromatic nitrogens is 4. The van der Waals surface area contributed by atoms with Crippen LogP contribution in [0, 0.1) is 0 Å². The molecular weight excluding hydrogens is 204 g/mol. The smallest absolute Gasteiger partial charge is 0.0930 e. The van der Waals surface area contributed by atoms with E-state index in [1.165, 1.54) is 0 Å². The molecule has 0 fully saturated rings. The molecule has 0 aliphatic carbocycles. The average Bonchev–Trinajstić information content (AvgIpc) is 2.89. The zero-order valence-electron chi connectivity index (χ0n) is 9.46. The van der Waals surface area contributed by atoms with Crippen molar-refractivity contribution in [3.63, 3.8) is 0 Å². The number of hydrazine groups is 1. The van der Waals surface area contributed by atoms with Gasteiger partial charge in [0.1, 0.15) is 0 Å². The van der Waals surface area contributed by atoms with Crippen LogP contribution in [0.1, 0.15) is 24.2 Å². The highest BCUT2D eigenvalue weighted by Gasteiger charge is 2.16. The van der Waals surface area contributed by atoms with Crippen LogP contribution in [-0.4, -0.2) is 19.6 Å². The van der Waals surface area contributed by atoms with E-state index in [0.717, 1.165) is 17.8 Å². The van der Waals surface area contributed by atoms with Gasteiger partial charge in [-0.15, -0.1) is 0 Å². The van der Waals surface area contributed by atoms with E-state index in [4.69, 9.17) is 5.84 Å². The summed E-state index contributed by atoms with van der Waals surface area (Å²) in [6.07, 6.45) is 5.67. The molecule has 3 N–H and O–H groups in total. The van der Waals surface area contributed by atoms with Crippen molar-refractivity contribution < 1.29 is 0 Å². The van der Waals surface area contributed by atoms with Gasteiger partial charge in [0, 0.05) is 31.5 Å². The van der Waals surface area contributed by atoms with Crippen LogP contribution in [0.2, 0.25) is 0 Å². The molecule has 6 nitrogen and oxygen atoms in total. The molecule has 2 aromatic heterocycles. The monoisotopic (exact) mass is 220 g/mol. The highest BCUT2D eigenvalue weighted by atomic mass is 15.3. The van der Waals surface area contributed by atoms with Crippen molar-refractivity contribution in [3.05, 3.63) is 35.9 Å². The van der Waals surface area contributed by atoms with Crippen LogP contribution >= 0.6 is 0 Å². The van der Waals surface area contributed by atoms with Crippen LogP contribution in [0.25, 0.3) is 0 Å². The van der Waals surface area contributed by atoms with Crippen LogP contribution in [-0.2, 0) is 13.6 Å². The summed E-state index contributed by atoms with van der Waals surface area (Å²) in [7, 11) is 1.88. The topological polar surface area (TPSA) is 73.7 Å². The highest BCUT2D eigenvalue weighted by Crippen LogP contribution is 2.18. The molecule has 2 rings (SSSR count). The van der Waals surface area contributed by atoms with Crippen LogP contribution in [0.15, 0.2) is 24.7 Å². The number of nitrogens with two attached hydrogens (primary N) is 1. The fourth-order valence-electron chi connectivity index (χ4n) is 1.64. The van der Waals surface area contributed by atoms with E-state index in [1.807, 2.05) is 43.3 Å². The van der Waals surface area contributed by atoms with E-state index < -0.39 is 0 Å². The molecule has 0 bridgehead atoms. The van der Waals surface area contributed by atoms with Gasteiger partial charge in [-0.25, -0.2) is 5.43 Å². The summed E-state index contributed by atoms with van der Waals surface area (Å²) in [6.45, 7) is 2.89. The fraction of sp³-hybridized carbons (Fsp3) is 0.400. The third kappa shape index (κ3) is 1.98. The summed E-state index contributed by atoms with van der Waals surface area (Å²) in [5.74, 6) is 5.56. The van der Waals surface area contributed by atoms with Crippen molar-refractivity contribution in [1.29, 1.82) is 0 Å². The van der Waals surface area contributed by atoms with Gasteiger partial charge < -0.3 is 0 Å². The maximum absolute atomic E-state index is 5.56. The first kappa shape index (κ1) is 10.8. The molecule has 0 aromatic carbocycles. The van der Waals surface area contributed by atoms with Crippen LogP contribution in [0.3, 0.4) is 0 Å². The summed E-state index contributed by atoms with van der Waals surface area (Å²) in [4.78, 5) is 0. The Hall–Kier alpha value is -1.66. The Bertz CT molecular complexity index is 457. The van der Waals surface area contributed by atoms with E-state index in [2.05, 4.69) is 15.6 Å². The van der Waals surface area contributed by atoms with Crippen molar-refractivity contribution in [2.45, 2.75) is 19.5 Å². The minimum atomic E-state index is -0.110. The lowest BCUT2D eigenvalue weighted by Gasteiger charge is -2.10. The molecule has 16 heavy (non-hydrogen) atoms. The highest BCUT2D eigenvalue weighted by molar-refractivity contribution is 5.22. The largest absolute Gasteiger partial charge is 0.275 e. The van der Waals surface area contributed by atoms with Gasteiger partial charge in [0.2, 0.25) is 0 Å². The quantitative estimate of drug-likeness (QED) is 0.570. The number of hydrogen-bond donors (Lipinski definition) is 2. The molecule has 2 heterocycles. The van der Waals surface area contributed by atoms with Gasteiger partial charge in [-0.1, -0.05) is 0 Å². The number of aryl methyl sites for hydroxylation is 2. The Labute approximate surface area is 94.0 Å². The molecule has 1 unspecified atom stereocenters. The Kier molecular flexibility index (Phi) is 3.02. The van der Waals surface area contributed by atoms with E-state index >= 15 is 0 Å². The van der Waals surface area contributed by atoms with Gasteiger partial charge in [0.05, 0.1) is 17.9 Å². The third-order valence-electron chi connectivity index (χ3n) is 2.51. The summed E-state index contributed by atoms with van der Waals surface area (Å²) in [6, 6.07) is 1.83. The minimum absolute atomic E-state index is 0.110. The van der Waals surface area contributed by atoms with Crippen molar-refractivity contribution in [2.24, 2.45) is 12.9 Å². The molecule has 1 atom stereocenters. The summed E-state index contributed by atoms with van der Waals surface area (Å²) in [5, 5.41) is 8.55. The average molecular weight is 220 g/mol. The van der Waals surface area contributed by atoms with Gasteiger partial charge in [-0.05, 0) is 13.0 Å². The number of hydrogen-bond acceptors (Lipinski definition) is 4. The molecule has 0 radical (unpaired) electrons. The molecule has 0 amide bonds. The normalized spacial score (nSPS) is 12.9. The second kappa shape index (κ2) is 4.46. The number of nitrogens with one attached hydrogen (secondary N) is 1. The first-order valence-corrected chi connectivity index (χ1v) is 5.22. The van der Waals surface area contributed by atoms with Crippen molar-refractivity contribution in [2.75, 3.05) is 0 Å². The van der Waals surface area contributed by atoms with Gasteiger partial charge in [0.15, 0.2) is 0 Å². The number of nitrogens with zero attached hydrogens (tertiary/aromatic N) is 4. The van der Waals surface area contributed by atoms with Gasteiger partial charge >= 0.3 is 0 Å². The maximum atomic E-state index is 5.56. The Balaban J connectivity index is 2.28. The standard InChI is InChI=1S/C10H16N6/c1-3-16-7-8(6-12-16)10(13-11)9-4-5-15(2)14-9/h4-7,10,13H,3,11H2,1-2H3.